The van der Waals surface area contributed by atoms with E-state index in [2.05, 4.69) is 33.3 Å². The third-order valence-electron chi connectivity index (χ3n) is 4.75. The minimum absolute atomic E-state index is 0.306. The van der Waals surface area contributed by atoms with Gasteiger partial charge in [-0.25, -0.2) is 4.98 Å². The number of aromatic nitrogens is 3. The van der Waals surface area contributed by atoms with Crippen LogP contribution in [0, 0.1) is 0 Å². The van der Waals surface area contributed by atoms with Crippen LogP contribution < -0.4 is 0 Å². The minimum Gasteiger partial charge on any atom is -0.459 e. The zero-order chi connectivity index (χ0) is 17.3. The van der Waals surface area contributed by atoms with Crippen LogP contribution in [0.25, 0.3) is 21.9 Å². The Labute approximate surface area is 154 Å². The Morgan fingerprint density at radius 1 is 1.12 bits per heavy atom. The summed E-state index contributed by atoms with van der Waals surface area (Å²) >= 11 is 1.79. The number of piperidine rings is 1. The number of para-hydroxylation sites is 1. The van der Waals surface area contributed by atoms with Gasteiger partial charge in [-0.15, -0.1) is 21.5 Å². The van der Waals surface area contributed by atoms with E-state index in [0.29, 0.717) is 30.1 Å². The van der Waals surface area contributed by atoms with Gasteiger partial charge in [-0.1, -0.05) is 18.6 Å². The standard InChI is InChI=1S/C19H18N4O2S/c1-2-9-16-13(6-1)20-19(26-16)14-7-3-4-10-23(14)12-17-21-22-18(25-17)15-8-5-11-24-15/h1-2,5-6,8-9,11,14H,3-4,7,10,12H2. The largest absolute Gasteiger partial charge is 0.459 e. The highest BCUT2D eigenvalue weighted by Gasteiger charge is 2.28. The first kappa shape index (κ1) is 15.7. The lowest BCUT2D eigenvalue weighted by Gasteiger charge is -2.33. The average molecular weight is 366 g/mol. The van der Waals surface area contributed by atoms with Gasteiger partial charge in [-0.05, 0) is 43.7 Å². The molecule has 3 aromatic heterocycles. The predicted octanol–water partition coefficient (Wildman–Crippen LogP) is 4.67. The van der Waals surface area contributed by atoms with E-state index in [4.69, 9.17) is 13.8 Å². The summed E-state index contributed by atoms with van der Waals surface area (Å²) in [6.07, 6.45) is 5.12. The van der Waals surface area contributed by atoms with Crippen molar-refractivity contribution < 1.29 is 8.83 Å². The summed E-state index contributed by atoms with van der Waals surface area (Å²) in [6, 6.07) is 12.3. The Hall–Kier alpha value is -2.51. The molecule has 1 aromatic carbocycles. The van der Waals surface area contributed by atoms with Gasteiger partial charge < -0.3 is 8.83 Å². The topological polar surface area (TPSA) is 68.2 Å². The summed E-state index contributed by atoms with van der Waals surface area (Å²) in [6.45, 7) is 1.65. The number of furan rings is 1. The van der Waals surface area contributed by atoms with Crippen LogP contribution in [0.3, 0.4) is 0 Å². The van der Waals surface area contributed by atoms with E-state index in [1.54, 1.807) is 17.6 Å². The third kappa shape index (κ3) is 2.93. The zero-order valence-corrected chi connectivity index (χ0v) is 15.0. The van der Waals surface area contributed by atoms with Gasteiger partial charge >= 0.3 is 0 Å². The van der Waals surface area contributed by atoms with E-state index in [1.807, 2.05) is 18.2 Å². The molecule has 1 atom stereocenters. The molecule has 1 saturated heterocycles. The maximum absolute atomic E-state index is 5.80. The minimum atomic E-state index is 0.306. The second-order valence-electron chi connectivity index (χ2n) is 6.48. The molecule has 26 heavy (non-hydrogen) atoms. The fourth-order valence-corrected chi connectivity index (χ4v) is 4.62. The van der Waals surface area contributed by atoms with Crippen molar-refractivity contribution in [1.29, 1.82) is 0 Å². The highest BCUT2D eigenvalue weighted by atomic mass is 32.1. The predicted molar refractivity (Wildman–Crippen MR) is 98.6 cm³/mol. The molecule has 0 spiro atoms. The van der Waals surface area contributed by atoms with Crippen LogP contribution in [-0.4, -0.2) is 26.6 Å². The molecule has 0 radical (unpaired) electrons. The summed E-state index contributed by atoms with van der Waals surface area (Å²) in [5, 5.41) is 9.49. The van der Waals surface area contributed by atoms with Gasteiger partial charge in [0.25, 0.3) is 5.89 Å². The lowest BCUT2D eigenvalue weighted by Crippen LogP contribution is -2.33. The van der Waals surface area contributed by atoms with Crippen LogP contribution in [0.2, 0.25) is 0 Å². The maximum atomic E-state index is 5.80. The number of benzene rings is 1. The Bertz CT molecular complexity index is 975. The van der Waals surface area contributed by atoms with Crippen LogP contribution in [0.1, 0.15) is 36.2 Å². The first-order valence-electron chi connectivity index (χ1n) is 8.82. The SMILES string of the molecule is c1coc(-c2nnc(CN3CCCCC3c3nc4ccccc4s3)o2)c1. The number of thiazole rings is 1. The number of hydrogen-bond acceptors (Lipinski definition) is 7. The molecular formula is C19H18N4O2S. The van der Waals surface area contributed by atoms with Crippen LogP contribution >= 0.6 is 11.3 Å². The van der Waals surface area contributed by atoms with E-state index < -0.39 is 0 Å². The molecule has 1 fully saturated rings. The second-order valence-corrected chi connectivity index (χ2v) is 7.54. The molecule has 1 unspecified atom stereocenters. The van der Waals surface area contributed by atoms with Gasteiger partial charge in [0.1, 0.15) is 5.01 Å². The molecule has 0 bridgehead atoms. The summed E-state index contributed by atoms with van der Waals surface area (Å²) in [5.41, 5.74) is 1.08. The van der Waals surface area contributed by atoms with Crippen LogP contribution in [0.5, 0.6) is 0 Å². The van der Waals surface area contributed by atoms with Gasteiger partial charge in [0, 0.05) is 0 Å². The van der Waals surface area contributed by atoms with Crippen molar-refractivity contribution in [1.82, 2.24) is 20.1 Å². The van der Waals surface area contributed by atoms with E-state index in [1.165, 1.54) is 22.5 Å². The molecule has 7 heteroatoms. The molecule has 132 valence electrons. The molecule has 6 nitrogen and oxygen atoms in total. The first-order chi connectivity index (χ1) is 12.9. The Morgan fingerprint density at radius 2 is 2.08 bits per heavy atom. The lowest BCUT2D eigenvalue weighted by atomic mass is 10.0. The second kappa shape index (κ2) is 6.66. The van der Waals surface area contributed by atoms with Crippen molar-refractivity contribution in [3.05, 3.63) is 53.6 Å². The van der Waals surface area contributed by atoms with Crippen molar-refractivity contribution in [2.75, 3.05) is 6.54 Å². The molecule has 5 rings (SSSR count). The molecule has 0 N–H and O–H groups in total. The molecule has 0 saturated carbocycles. The highest BCUT2D eigenvalue weighted by Crippen LogP contribution is 2.36. The number of rotatable bonds is 4. The van der Waals surface area contributed by atoms with Gasteiger partial charge in [-0.2, -0.15) is 0 Å². The van der Waals surface area contributed by atoms with Crippen molar-refractivity contribution in [3.63, 3.8) is 0 Å². The molecule has 0 aliphatic carbocycles. The molecule has 1 aliphatic rings. The fraction of sp³-hybridized carbons (Fsp3) is 0.316. The normalized spacial score (nSPS) is 18.5. The van der Waals surface area contributed by atoms with E-state index >= 15 is 0 Å². The fourth-order valence-electron chi connectivity index (χ4n) is 3.48. The van der Waals surface area contributed by atoms with Crippen molar-refractivity contribution in [3.8, 4) is 11.7 Å². The zero-order valence-electron chi connectivity index (χ0n) is 14.2. The average Bonchev–Trinajstić information content (AvgIpc) is 3.42. The van der Waals surface area contributed by atoms with Crippen LogP contribution in [0.4, 0.5) is 0 Å². The monoisotopic (exact) mass is 366 g/mol. The maximum Gasteiger partial charge on any atom is 0.283 e. The lowest BCUT2D eigenvalue weighted by molar-refractivity contribution is 0.128. The van der Waals surface area contributed by atoms with E-state index in [0.717, 1.165) is 18.5 Å². The Morgan fingerprint density at radius 3 is 2.96 bits per heavy atom. The van der Waals surface area contributed by atoms with Crippen molar-refractivity contribution in [2.24, 2.45) is 0 Å². The van der Waals surface area contributed by atoms with Gasteiger partial charge in [0.15, 0.2) is 5.76 Å². The van der Waals surface area contributed by atoms with Gasteiger partial charge in [-0.3, -0.25) is 4.90 Å². The first-order valence-corrected chi connectivity index (χ1v) is 9.64. The molecule has 4 heterocycles. The van der Waals surface area contributed by atoms with Crippen molar-refractivity contribution in [2.45, 2.75) is 31.8 Å². The Balaban J connectivity index is 1.39. The summed E-state index contributed by atoms with van der Waals surface area (Å²) in [7, 11) is 0. The smallest absolute Gasteiger partial charge is 0.283 e. The summed E-state index contributed by atoms with van der Waals surface area (Å²) < 4.78 is 12.4. The van der Waals surface area contributed by atoms with E-state index in [-0.39, 0.29) is 0 Å². The number of likely N-dealkylation sites (tertiary alicyclic amines) is 1. The summed E-state index contributed by atoms with van der Waals surface area (Å²) in [4.78, 5) is 7.27. The highest BCUT2D eigenvalue weighted by molar-refractivity contribution is 7.18. The van der Waals surface area contributed by atoms with Crippen LogP contribution in [-0.2, 0) is 6.54 Å². The van der Waals surface area contributed by atoms with Crippen molar-refractivity contribution >= 4 is 21.6 Å². The van der Waals surface area contributed by atoms with Gasteiger partial charge in [0.2, 0.25) is 5.89 Å². The molecule has 4 aromatic rings. The molecule has 0 amide bonds. The third-order valence-corrected chi connectivity index (χ3v) is 5.88. The molecular weight excluding hydrogens is 348 g/mol. The number of hydrogen-bond donors (Lipinski definition) is 0. The molecule has 1 aliphatic heterocycles. The number of nitrogens with zero attached hydrogens (tertiary/aromatic N) is 4. The number of fused-ring (bicyclic) bond motifs is 1. The van der Waals surface area contributed by atoms with E-state index in [9.17, 15) is 0 Å². The van der Waals surface area contributed by atoms with Crippen LogP contribution in [0.15, 0.2) is 51.5 Å². The summed E-state index contributed by atoms with van der Waals surface area (Å²) in [5.74, 6) is 1.65. The Kier molecular flexibility index (Phi) is 4.03. The van der Waals surface area contributed by atoms with Gasteiger partial charge in [0.05, 0.1) is 29.1 Å². The quantitative estimate of drug-likeness (QED) is 0.523.